The Morgan fingerprint density at radius 3 is 2.30 bits per heavy atom. The summed E-state index contributed by atoms with van der Waals surface area (Å²) in [7, 11) is 5.15. The number of likely N-dealkylation sites (tertiary alicyclic amines) is 1. The van der Waals surface area contributed by atoms with Gasteiger partial charge in [0.2, 0.25) is 0 Å². The first-order valence-corrected chi connectivity index (χ1v) is 17.8. The van der Waals surface area contributed by atoms with Crippen molar-refractivity contribution in [3.8, 4) is 11.5 Å². The fourth-order valence-electron chi connectivity index (χ4n) is 6.20. The number of thiophene rings is 1. The molecule has 13 heteroatoms. The third kappa shape index (κ3) is 8.88. The third-order valence-electron chi connectivity index (χ3n) is 9.26. The molecule has 2 N–H and O–H groups in total. The summed E-state index contributed by atoms with van der Waals surface area (Å²) in [6, 6.07) is 15.8. The van der Waals surface area contributed by atoms with Crippen LogP contribution in [0, 0.1) is 10.6 Å². The predicted octanol–water partition coefficient (Wildman–Crippen LogP) is 6.88. The van der Waals surface area contributed by atoms with Crippen molar-refractivity contribution < 1.29 is 33.6 Å². The molecule has 1 aliphatic rings. The summed E-state index contributed by atoms with van der Waals surface area (Å²) in [5, 5.41) is 26.1. The minimum absolute atomic E-state index is 0.0971. The minimum atomic E-state index is -1.10. The average molecular weight is 743 g/mol. The van der Waals surface area contributed by atoms with Gasteiger partial charge in [0.05, 0.1) is 20.8 Å². The van der Waals surface area contributed by atoms with Crippen molar-refractivity contribution in [2.45, 2.75) is 44.7 Å². The molecule has 10 nitrogen and oxygen atoms in total. The zero-order valence-corrected chi connectivity index (χ0v) is 30.7. The van der Waals surface area contributed by atoms with Crippen molar-refractivity contribution in [3.05, 3.63) is 114 Å². The molecule has 1 fully saturated rings. The molecule has 4 aromatic rings. The molecule has 1 aliphatic heterocycles. The Balaban J connectivity index is 1.47. The number of hydrogen-bond donors (Lipinski definition) is 2. The van der Waals surface area contributed by atoms with E-state index in [-0.39, 0.29) is 33.3 Å². The summed E-state index contributed by atoms with van der Waals surface area (Å²) < 4.78 is 17.5. The summed E-state index contributed by atoms with van der Waals surface area (Å²) in [5.74, 6) is -1.08. The van der Waals surface area contributed by atoms with Crippen molar-refractivity contribution in [3.63, 3.8) is 0 Å². The molecule has 0 spiro atoms. The quantitative estimate of drug-likeness (QED) is 0.0808. The van der Waals surface area contributed by atoms with Gasteiger partial charge < -0.3 is 29.4 Å². The molecule has 3 heterocycles. The number of carboxylic acid groups (broad SMARTS) is 1. The van der Waals surface area contributed by atoms with Crippen LogP contribution < -0.4 is 19.5 Å². The largest absolute Gasteiger partial charge is 0.619 e. The molecule has 2 aromatic heterocycles. The number of hydrogen-bond acceptors (Lipinski definition) is 9. The highest BCUT2D eigenvalue weighted by molar-refractivity contribution is 7.14. The molecule has 2 atom stereocenters. The maximum atomic E-state index is 13.6. The van der Waals surface area contributed by atoms with E-state index in [4.69, 9.17) is 37.4 Å². The summed E-state index contributed by atoms with van der Waals surface area (Å²) in [6.07, 6.45) is 4.49. The third-order valence-corrected chi connectivity index (χ3v) is 11.1. The van der Waals surface area contributed by atoms with Gasteiger partial charge in [0, 0.05) is 28.3 Å². The Hall–Kier alpha value is -3.87. The zero-order valence-electron chi connectivity index (χ0n) is 28.4. The van der Waals surface area contributed by atoms with Crippen LogP contribution in [0.1, 0.15) is 68.5 Å². The smallest absolute Gasteiger partial charge is 0.346 e. The highest BCUT2D eigenvalue weighted by atomic mass is 35.5. The maximum Gasteiger partial charge on any atom is 0.346 e. The molecule has 1 unspecified atom stereocenters. The lowest BCUT2D eigenvalue weighted by atomic mass is 9.81. The van der Waals surface area contributed by atoms with E-state index in [2.05, 4.69) is 24.2 Å². The van der Waals surface area contributed by atoms with Crippen LogP contribution in [0.2, 0.25) is 10.0 Å². The molecule has 0 bridgehead atoms. The monoisotopic (exact) mass is 741 g/mol. The molecule has 0 radical (unpaired) electrons. The van der Waals surface area contributed by atoms with E-state index in [9.17, 15) is 19.9 Å². The van der Waals surface area contributed by atoms with Gasteiger partial charge in [-0.1, -0.05) is 66.5 Å². The van der Waals surface area contributed by atoms with Gasteiger partial charge in [0.25, 0.3) is 0 Å². The number of rotatable bonds is 14. The van der Waals surface area contributed by atoms with E-state index < -0.39 is 23.9 Å². The number of aromatic carboxylic acids is 1. The number of carbonyl (C=O) groups excluding carboxylic acids is 1. The van der Waals surface area contributed by atoms with Crippen LogP contribution in [0.5, 0.6) is 11.5 Å². The van der Waals surface area contributed by atoms with Gasteiger partial charge >= 0.3 is 11.9 Å². The second kappa shape index (κ2) is 16.4. The normalized spacial score (nSPS) is 15.6. The van der Waals surface area contributed by atoms with Gasteiger partial charge in [-0.25, -0.2) is 9.59 Å². The molecular formula is C37H41Cl2N3O7S. The number of nitrogens with zero attached hydrogens (tertiary/aromatic N) is 2. The van der Waals surface area contributed by atoms with Crippen molar-refractivity contribution in [2.75, 3.05) is 41.0 Å². The van der Waals surface area contributed by atoms with Crippen molar-refractivity contribution in [1.82, 2.24) is 10.2 Å². The Kier molecular flexibility index (Phi) is 12.3. The lowest BCUT2D eigenvalue weighted by Gasteiger charge is -2.37. The number of piperidine rings is 1. The molecule has 5 rings (SSSR count). The van der Waals surface area contributed by atoms with E-state index >= 15 is 0 Å². The number of carboxylic acids is 1. The summed E-state index contributed by atoms with van der Waals surface area (Å²) in [4.78, 5) is 29.5. The van der Waals surface area contributed by atoms with Crippen LogP contribution >= 0.6 is 34.5 Å². The zero-order chi connectivity index (χ0) is 36.0. The molecule has 266 valence electrons. The average Bonchev–Trinajstić information content (AvgIpc) is 3.53. The number of pyridine rings is 1. The highest BCUT2D eigenvalue weighted by Crippen LogP contribution is 2.41. The van der Waals surface area contributed by atoms with E-state index in [1.165, 1.54) is 26.6 Å². The highest BCUT2D eigenvalue weighted by Gasteiger charge is 2.33. The first-order valence-electron chi connectivity index (χ1n) is 16.2. The Labute approximate surface area is 306 Å². The number of carbonyl (C=O) groups is 2. The Morgan fingerprint density at radius 1 is 1.02 bits per heavy atom. The molecule has 0 amide bonds. The second-order valence-corrected chi connectivity index (χ2v) is 14.9. The van der Waals surface area contributed by atoms with Crippen LogP contribution in [0.4, 0.5) is 0 Å². The summed E-state index contributed by atoms with van der Waals surface area (Å²) >= 11 is 14.1. The number of aromatic nitrogens is 1. The number of ether oxygens (including phenoxy) is 3. The fraction of sp³-hybridized carbons (Fsp3) is 0.378. The van der Waals surface area contributed by atoms with Gasteiger partial charge in [-0.2, -0.15) is 4.73 Å². The number of nitrogens with one attached hydrogen (secondary N) is 1. The standard InChI is InChI=1S/C37H41Cl2N3O7S/c1-37(12-14-41(2)15-13-37)22-49-36(45)33(23-8-6-5-7-9-23)40-19-25-17-27(34(50-25)35(43)44)26(18-28-29(38)20-42(46)21-30(28)39)24-10-11-31(47-3)32(16-24)48-4/h5-11,16-17,20-21,26,33,40H,12-15,18-19,22H2,1-4H3,(H,43,44)/t26-,33?/m0/s1. The molecule has 0 saturated carbocycles. The second-order valence-electron chi connectivity index (χ2n) is 12.9. The number of halogens is 2. The van der Waals surface area contributed by atoms with Gasteiger partial charge in [0.15, 0.2) is 23.9 Å². The number of benzene rings is 2. The number of esters is 1. The van der Waals surface area contributed by atoms with E-state index in [1.807, 2.05) is 42.5 Å². The van der Waals surface area contributed by atoms with Gasteiger partial charge in [-0.3, -0.25) is 5.32 Å². The van der Waals surface area contributed by atoms with Crippen LogP contribution in [0.3, 0.4) is 0 Å². The van der Waals surface area contributed by atoms with Crippen LogP contribution in [0.15, 0.2) is 67.0 Å². The maximum absolute atomic E-state index is 13.6. The van der Waals surface area contributed by atoms with Crippen molar-refractivity contribution in [2.24, 2.45) is 5.41 Å². The lowest BCUT2D eigenvalue weighted by Crippen LogP contribution is -2.40. The molecule has 1 saturated heterocycles. The lowest BCUT2D eigenvalue weighted by molar-refractivity contribution is -0.605. The predicted molar refractivity (Wildman–Crippen MR) is 194 cm³/mol. The van der Waals surface area contributed by atoms with Crippen molar-refractivity contribution >= 4 is 46.5 Å². The summed E-state index contributed by atoms with van der Waals surface area (Å²) in [6.45, 7) is 4.57. The molecule has 50 heavy (non-hydrogen) atoms. The van der Waals surface area contributed by atoms with Crippen LogP contribution in [0.25, 0.3) is 0 Å². The van der Waals surface area contributed by atoms with Crippen LogP contribution in [-0.4, -0.2) is 62.9 Å². The van der Waals surface area contributed by atoms with Gasteiger partial charge in [-0.05, 0) is 74.3 Å². The Bertz CT molecular complexity index is 1790. The molecule has 0 aliphatic carbocycles. The molecule has 2 aromatic carbocycles. The van der Waals surface area contributed by atoms with Crippen molar-refractivity contribution in [1.29, 1.82) is 0 Å². The van der Waals surface area contributed by atoms with E-state index in [0.29, 0.717) is 38.8 Å². The SMILES string of the molecule is COc1ccc([C@H](Cc2c(Cl)c[n+]([O-])cc2Cl)c2cc(CNC(C(=O)OCC3(C)CCN(C)CC3)c3ccccc3)sc2C(=O)O)cc1OC. The first kappa shape index (κ1) is 37.4. The van der Waals surface area contributed by atoms with Gasteiger partial charge in [-0.15, -0.1) is 11.3 Å². The topological polar surface area (TPSA) is 124 Å². The fourth-order valence-corrected chi connectivity index (χ4v) is 7.80. The van der Waals surface area contributed by atoms with E-state index in [0.717, 1.165) is 48.4 Å². The van der Waals surface area contributed by atoms with Gasteiger partial charge in [0.1, 0.15) is 21.0 Å². The van der Waals surface area contributed by atoms with Crippen LogP contribution in [-0.2, 0) is 22.5 Å². The van der Waals surface area contributed by atoms with E-state index in [1.54, 1.807) is 12.1 Å². The minimum Gasteiger partial charge on any atom is -0.619 e. The molecular weight excluding hydrogens is 701 g/mol. The Morgan fingerprint density at radius 2 is 1.68 bits per heavy atom. The first-order chi connectivity index (χ1) is 23.9. The number of methoxy groups -OCH3 is 2. The summed E-state index contributed by atoms with van der Waals surface area (Å²) in [5.41, 5.74) is 2.38.